The van der Waals surface area contributed by atoms with E-state index in [4.69, 9.17) is 4.74 Å². The summed E-state index contributed by atoms with van der Waals surface area (Å²) in [4.78, 5) is 31.8. The standard InChI is InChI=1S/C24H24FN3O3S/c1-15-5-10-21(31-2)19(12-15)20-14-32-24(26-20)27-22(29)17-4-3-11-28(13-17)23(30)16-6-8-18(25)9-7-16/h5-10,12,14,17H,3-4,11,13H2,1-2H3,(H,26,27,29). The van der Waals surface area contributed by atoms with Gasteiger partial charge in [-0.05, 0) is 56.2 Å². The van der Waals surface area contributed by atoms with Gasteiger partial charge in [0.2, 0.25) is 5.91 Å². The van der Waals surface area contributed by atoms with Crippen LogP contribution in [0.25, 0.3) is 11.3 Å². The maximum atomic E-state index is 13.1. The molecule has 3 aromatic rings. The van der Waals surface area contributed by atoms with Crippen molar-refractivity contribution < 1.29 is 18.7 Å². The Morgan fingerprint density at radius 1 is 1.22 bits per heavy atom. The number of carbonyl (C=O) groups is 2. The minimum absolute atomic E-state index is 0.154. The quantitative estimate of drug-likeness (QED) is 0.605. The lowest BCUT2D eigenvalue weighted by molar-refractivity contribution is -0.121. The molecule has 0 radical (unpaired) electrons. The molecule has 1 aliphatic rings. The molecule has 1 unspecified atom stereocenters. The molecule has 32 heavy (non-hydrogen) atoms. The molecule has 0 spiro atoms. The molecule has 8 heteroatoms. The lowest BCUT2D eigenvalue weighted by Crippen LogP contribution is -2.43. The van der Waals surface area contributed by atoms with Crippen LogP contribution in [-0.4, -0.2) is 41.9 Å². The van der Waals surface area contributed by atoms with Crippen LogP contribution in [0, 0.1) is 18.7 Å². The molecule has 1 fully saturated rings. The minimum atomic E-state index is -0.386. The number of ether oxygens (including phenoxy) is 1. The van der Waals surface area contributed by atoms with Crippen LogP contribution in [0.1, 0.15) is 28.8 Å². The SMILES string of the molecule is COc1ccc(C)cc1-c1csc(NC(=O)C2CCCN(C(=O)c3ccc(F)cc3)C2)n1. The van der Waals surface area contributed by atoms with Gasteiger partial charge in [0.1, 0.15) is 11.6 Å². The van der Waals surface area contributed by atoms with E-state index >= 15 is 0 Å². The monoisotopic (exact) mass is 453 g/mol. The fraction of sp³-hybridized carbons (Fsp3) is 0.292. The van der Waals surface area contributed by atoms with Crippen LogP contribution in [0.2, 0.25) is 0 Å². The largest absolute Gasteiger partial charge is 0.496 e. The van der Waals surface area contributed by atoms with Gasteiger partial charge < -0.3 is 15.0 Å². The zero-order valence-corrected chi connectivity index (χ0v) is 18.7. The fourth-order valence-electron chi connectivity index (χ4n) is 3.83. The molecule has 0 aliphatic carbocycles. The Hall–Kier alpha value is -3.26. The summed E-state index contributed by atoms with van der Waals surface area (Å²) in [5.41, 5.74) is 3.12. The van der Waals surface area contributed by atoms with E-state index < -0.39 is 0 Å². The third kappa shape index (κ3) is 4.80. The van der Waals surface area contributed by atoms with Gasteiger partial charge in [-0.2, -0.15) is 0 Å². The van der Waals surface area contributed by atoms with Crippen LogP contribution < -0.4 is 10.1 Å². The highest BCUT2D eigenvalue weighted by atomic mass is 32.1. The summed E-state index contributed by atoms with van der Waals surface area (Å²) in [7, 11) is 1.62. The summed E-state index contributed by atoms with van der Waals surface area (Å²) in [6.45, 7) is 2.90. The first kappa shape index (κ1) is 22.0. The smallest absolute Gasteiger partial charge is 0.253 e. The first-order chi connectivity index (χ1) is 15.4. The number of carbonyl (C=O) groups excluding carboxylic acids is 2. The predicted molar refractivity (Wildman–Crippen MR) is 122 cm³/mol. The van der Waals surface area contributed by atoms with Crippen molar-refractivity contribution >= 4 is 28.3 Å². The first-order valence-electron chi connectivity index (χ1n) is 10.4. The van der Waals surface area contributed by atoms with Crippen molar-refractivity contribution in [1.82, 2.24) is 9.88 Å². The van der Waals surface area contributed by atoms with Gasteiger partial charge in [0, 0.05) is 29.6 Å². The summed E-state index contributed by atoms with van der Waals surface area (Å²) in [6, 6.07) is 11.3. The van der Waals surface area contributed by atoms with E-state index in [1.807, 2.05) is 30.5 Å². The number of amides is 2. The molecule has 1 atom stereocenters. The molecule has 1 aliphatic heterocycles. The van der Waals surface area contributed by atoms with Crippen molar-refractivity contribution in [2.45, 2.75) is 19.8 Å². The summed E-state index contributed by atoms with van der Waals surface area (Å²) < 4.78 is 18.6. The molecular formula is C24H24FN3O3S. The number of anilines is 1. The highest BCUT2D eigenvalue weighted by Crippen LogP contribution is 2.33. The molecule has 2 aromatic carbocycles. The van der Waals surface area contributed by atoms with Gasteiger partial charge in [0.05, 0.1) is 18.7 Å². The number of halogens is 1. The average molecular weight is 454 g/mol. The van der Waals surface area contributed by atoms with E-state index in [-0.39, 0.29) is 23.5 Å². The zero-order valence-electron chi connectivity index (χ0n) is 17.9. The number of aromatic nitrogens is 1. The van der Waals surface area contributed by atoms with Crippen molar-refractivity contribution in [3.8, 4) is 17.0 Å². The molecule has 1 aromatic heterocycles. The number of benzene rings is 2. The zero-order chi connectivity index (χ0) is 22.7. The number of rotatable bonds is 5. The van der Waals surface area contributed by atoms with Crippen LogP contribution in [0.5, 0.6) is 5.75 Å². The number of thiazole rings is 1. The summed E-state index contributed by atoms with van der Waals surface area (Å²) >= 11 is 1.35. The van der Waals surface area contributed by atoms with Crippen molar-refractivity contribution in [3.63, 3.8) is 0 Å². The molecule has 6 nitrogen and oxygen atoms in total. The van der Waals surface area contributed by atoms with E-state index in [0.29, 0.717) is 30.2 Å². The van der Waals surface area contributed by atoms with Gasteiger partial charge >= 0.3 is 0 Å². The third-order valence-electron chi connectivity index (χ3n) is 5.54. The Bertz CT molecular complexity index is 1130. The van der Waals surface area contributed by atoms with Gasteiger partial charge in [-0.15, -0.1) is 11.3 Å². The van der Waals surface area contributed by atoms with Gasteiger partial charge in [0.25, 0.3) is 5.91 Å². The van der Waals surface area contributed by atoms with Gasteiger partial charge in [-0.1, -0.05) is 11.6 Å². The number of nitrogens with zero attached hydrogens (tertiary/aromatic N) is 2. The van der Waals surface area contributed by atoms with Crippen LogP contribution in [0.3, 0.4) is 0 Å². The Labute approximate surface area is 190 Å². The second-order valence-electron chi connectivity index (χ2n) is 7.83. The minimum Gasteiger partial charge on any atom is -0.496 e. The van der Waals surface area contributed by atoms with Gasteiger partial charge in [-0.3, -0.25) is 9.59 Å². The van der Waals surface area contributed by atoms with Crippen molar-refractivity contribution in [1.29, 1.82) is 0 Å². The third-order valence-corrected chi connectivity index (χ3v) is 6.29. The van der Waals surface area contributed by atoms with E-state index in [2.05, 4.69) is 10.3 Å². The maximum absolute atomic E-state index is 13.1. The van der Waals surface area contributed by atoms with Crippen molar-refractivity contribution in [2.75, 3.05) is 25.5 Å². The van der Waals surface area contributed by atoms with E-state index in [1.54, 1.807) is 12.0 Å². The normalized spacial score (nSPS) is 16.0. The molecule has 2 heterocycles. The molecule has 166 valence electrons. The van der Waals surface area contributed by atoms with Crippen LogP contribution in [0.4, 0.5) is 9.52 Å². The van der Waals surface area contributed by atoms with Crippen LogP contribution in [-0.2, 0) is 4.79 Å². The second kappa shape index (κ2) is 9.48. The Balaban J connectivity index is 1.43. The topological polar surface area (TPSA) is 71.5 Å². The molecule has 0 bridgehead atoms. The molecule has 0 saturated carbocycles. The number of nitrogens with one attached hydrogen (secondary N) is 1. The van der Waals surface area contributed by atoms with Crippen LogP contribution in [0.15, 0.2) is 47.8 Å². The number of aryl methyl sites for hydroxylation is 1. The summed E-state index contributed by atoms with van der Waals surface area (Å²) in [5, 5.41) is 5.30. The maximum Gasteiger partial charge on any atom is 0.253 e. The summed E-state index contributed by atoms with van der Waals surface area (Å²) in [6.07, 6.45) is 1.43. The van der Waals surface area contributed by atoms with Gasteiger partial charge in [-0.25, -0.2) is 9.37 Å². The highest BCUT2D eigenvalue weighted by molar-refractivity contribution is 7.14. The molecular weight excluding hydrogens is 429 g/mol. The second-order valence-corrected chi connectivity index (χ2v) is 8.69. The lowest BCUT2D eigenvalue weighted by Gasteiger charge is -2.32. The molecule has 2 amide bonds. The number of piperidine rings is 1. The number of likely N-dealkylation sites (tertiary alicyclic amines) is 1. The molecule has 1 N–H and O–H groups in total. The Kier molecular flexibility index (Phi) is 6.50. The number of hydrogen-bond donors (Lipinski definition) is 1. The van der Waals surface area contributed by atoms with E-state index in [1.165, 1.54) is 35.6 Å². The highest BCUT2D eigenvalue weighted by Gasteiger charge is 2.29. The molecule has 1 saturated heterocycles. The number of methoxy groups -OCH3 is 1. The Morgan fingerprint density at radius 2 is 2.00 bits per heavy atom. The summed E-state index contributed by atoms with van der Waals surface area (Å²) in [5.74, 6) is -0.331. The fourth-order valence-corrected chi connectivity index (χ4v) is 4.55. The average Bonchev–Trinajstić information content (AvgIpc) is 3.27. The first-order valence-corrected chi connectivity index (χ1v) is 11.3. The Morgan fingerprint density at radius 3 is 2.75 bits per heavy atom. The lowest BCUT2D eigenvalue weighted by atomic mass is 9.96. The van der Waals surface area contributed by atoms with Crippen molar-refractivity contribution in [2.24, 2.45) is 5.92 Å². The molecule has 4 rings (SSSR count). The van der Waals surface area contributed by atoms with Gasteiger partial charge in [0.15, 0.2) is 5.13 Å². The predicted octanol–water partition coefficient (Wildman–Crippen LogP) is 4.76. The van der Waals surface area contributed by atoms with Crippen LogP contribution >= 0.6 is 11.3 Å². The van der Waals surface area contributed by atoms with Crippen molar-refractivity contribution in [3.05, 3.63) is 64.8 Å². The van der Waals surface area contributed by atoms with E-state index in [0.717, 1.165) is 29.0 Å². The number of hydrogen-bond acceptors (Lipinski definition) is 5. The van der Waals surface area contributed by atoms with E-state index in [9.17, 15) is 14.0 Å².